The van der Waals surface area contributed by atoms with E-state index in [0.717, 1.165) is 4.88 Å². The Hall–Kier alpha value is -1.40. The minimum absolute atomic E-state index is 0.155. The van der Waals surface area contributed by atoms with Crippen molar-refractivity contribution < 1.29 is 0 Å². The van der Waals surface area contributed by atoms with Crippen LogP contribution in [0.5, 0.6) is 0 Å². The van der Waals surface area contributed by atoms with Gasteiger partial charge in [-0.15, -0.1) is 0 Å². The number of hydrogen-bond acceptors (Lipinski definition) is 5. The lowest BCUT2D eigenvalue weighted by molar-refractivity contribution is 1.18. The Labute approximate surface area is 139 Å². The van der Waals surface area contributed by atoms with Gasteiger partial charge >= 0.3 is 0 Å². The normalized spacial score (nSPS) is 10.8. The molecular formula is C13H7Cl3N4S. The third-order valence-corrected chi connectivity index (χ3v) is 4.62. The predicted octanol–water partition coefficient (Wildman–Crippen LogP) is 4.81. The number of aromatic nitrogens is 3. The summed E-state index contributed by atoms with van der Waals surface area (Å²) in [6.45, 7) is 0. The number of nitrogens with two attached hydrogens (primary N) is 1. The third-order valence-electron chi connectivity index (χ3n) is 2.71. The Kier molecular flexibility index (Phi) is 3.99. The second kappa shape index (κ2) is 5.77. The molecule has 2 N–H and O–H groups in total. The maximum Gasteiger partial charge on any atom is 0.222 e. The van der Waals surface area contributed by atoms with Gasteiger partial charge in [-0.25, -0.2) is 15.0 Å². The minimum atomic E-state index is 0.155. The van der Waals surface area contributed by atoms with E-state index in [0.29, 0.717) is 32.1 Å². The molecule has 0 saturated heterocycles. The van der Waals surface area contributed by atoms with Gasteiger partial charge in [0, 0.05) is 11.8 Å². The van der Waals surface area contributed by atoms with Crippen LogP contribution < -0.4 is 5.73 Å². The number of benzene rings is 1. The van der Waals surface area contributed by atoms with E-state index < -0.39 is 0 Å². The van der Waals surface area contributed by atoms with Crippen LogP contribution in [0.2, 0.25) is 15.3 Å². The summed E-state index contributed by atoms with van der Waals surface area (Å²) in [6.07, 6.45) is 1.57. The largest absolute Gasteiger partial charge is 0.375 e. The van der Waals surface area contributed by atoms with E-state index in [-0.39, 0.29) is 5.28 Å². The van der Waals surface area contributed by atoms with E-state index in [1.165, 1.54) is 11.3 Å². The van der Waals surface area contributed by atoms with Crippen molar-refractivity contribution in [1.82, 2.24) is 15.0 Å². The number of halogens is 3. The van der Waals surface area contributed by atoms with E-state index in [2.05, 4.69) is 15.0 Å². The first-order chi connectivity index (χ1) is 10.1. The van der Waals surface area contributed by atoms with Crippen LogP contribution in [0.4, 0.5) is 5.13 Å². The molecule has 0 fully saturated rings. The molecule has 3 rings (SSSR count). The van der Waals surface area contributed by atoms with Crippen LogP contribution in [0.25, 0.3) is 21.8 Å². The highest BCUT2D eigenvalue weighted by Crippen LogP contribution is 2.41. The van der Waals surface area contributed by atoms with Crippen molar-refractivity contribution in [2.24, 2.45) is 0 Å². The topological polar surface area (TPSA) is 64.7 Å². The number of thiazole rings is 1. The van der Waals surface area contributed by atoms with Gasteiger partial charge in [-0.3, -0.25) is 0 Å². The Morgan fingerprint density at radius 2 is 1.86 bits per heavy atom. The molecule has 0 bridgehead atoms. The highest BCUT2D eigenvalue weighted by molar-refractivity contribution is 7.19. The monoisotopic (exact) mass is 356 g/mol. The van der Waals surface area contributed by atoms with Gasteiger partial charge in [0.2, 0.25) is 5.28 Å². The van der Waals surface area contributed by atoms with Crippen LogP contribution in [0.15, 0.2) is 30.5 Å². The fourth-order valence-corrected chi connectivity index (χ4v) is 3.19. The van der Waals surface area contributed by atoms with Crippen LogP contribution >= 0.6 is 46.1 Å². The molecule has 0 unspecified atom stereocenters. The summed E-state index contributed by atoms with van der Waals surface area (Å²) in [5.41, 5.74) is 7.79. The van der Waals surface area contributed by atoms with E-state index in [1.807, 2.05) is 6.07 Å². The average molecular weight is 358 g/mol. The lowest BCUT2D eigenvalue weighted by atomic mass is 10.1. The first-order valence-electron chi connectivity index (χ1n) is 5.76. The molecule has 0 atom stereocenters. The molecule has 0 spiro atoms. The van der Waals surface area contributed by atoms with Crippen LogP contribution in [0, 0.1) is 0 Å². The van der Waals surface area contributed by atoms with Crippen molar-refractivity contribution in [2.75, 3.05) is 5.73 Å². The smallest absolute Gasteiger partial charge is 0.222 e. The minimum Gasteiger partial charge on any atom is -0.375 e. The Bertz CT molecular complexity index is 819. The SMILES string of the molecule is Nc1nc(-c2cccc(Cl)c2Cl)c(-c2ccnc(Cl)n2)s1. The Balaban J connectivity index is 2.23. The highest BCUT2D eigenvalue weighted by atomic mass is 35.5. The van der Waals surface area contributed by atoms with Gasteiger partial charge in [0.05, 0.1) is 26.3 Å². The number of anilines is 1. The molecule has 2 aromatic heterocycles. The van der Waals surface area contributed by atoms with E-state index >= 15 is 0 Å². The maximum atomic E-state index is 6.26. The third kappa shape index (κ3) is 2.82. The molecule has 0 saturated carbocycles. The van der Waals surface area contributed by atoms with Gasteiger partial charge in [0.1, 0.15) is 0 Å². The zero-order chi connectivity index (χ0) is 15.0. The van der Waals surface area contributed by atoms with Crippen molar-refractivity contribution in [1.29, 1.82) is 0 Å². The summed E-state index contributed by atoms with van der Waals surface area (Å²) < 4.78 is 0. The number of nitrogen functional groups attached to an aromatic ring is 1. The fourth-order valence-electron chi connectivity index (χ4n) is 1.84. The average Bonchev–Trinajstić information content (AvgIpc) is 2.84. The second-order valence-electron chi connectivity index (χ2n) is 4.04. The van der Waals surface area contributed by atoms with Crippen molar-refractivity contribution in [2.45, 2.75) is 0 Å². The number of nitrogens with zero attached hydrogens (tertiary/aromatic N) is 3. The molecule has 106 valence electrons. The van der Waals surface area contributed by atoms with Gasteiger partial charge in [-0.05, 0) is 23.7 Å². The Morgan fingerprint density at radius 1 is 1.05 bits per heavy atom. The highest BCUT2D eigenvalue weighted by Gasteiger charge is 2.18. The van der Waals surface area contributed by atoms with E-state index in [9.17, 15) is 0 Å². The zero-order valence-electron chi connectivity index (χ0n) is 10.3. The number of hydrogen-bond donors (Lipinski definition) is 1. The van der Waals surface area contributed by atoms with Gasteiger partial charge in [0.25, 0.3) is 0 Å². The van der Waals surface area contributed by atoms with Crippen LogP contribution in [0.3, 0.4) is 0 Å². The van der Waals surface area contributed by atoms with Gasteiger partial charge < -0.3 is 5.73 Å². The molecule has 4 nitrogen and oxygen atoms in total. The van der Waals surface area contributed by atoms with Gasteiger partial charge in [-0.1, -0.05) is 46.7 Å². The quantitative estimate of drug-likeness (QED) is 0.668. The molecule has 21 heavy (non-hydrogen) atoms. The van der Waals surface area contributed by atoms with Crippen molar-refractivity contribution in [3.05, 3.63) is 45.8 Å². The molecule has 3 aromatic rings. The van der Waals surface area contributed by atoms with Crippen molar-refractivity contribution >= 4 is 51.3 Å². The van der Waals surface area contributed by atoms with Crippen molar-refractivity contribution in [3.8, 4) is 21.8 Å². The molecule has 8 heteroatoms. The van der Waals surface area contributed by atoms with Crippen LogP contribution in [0.1, 0.15) is 0 Å². The molecule has 0 aliphatic rings. The molecule has 0 amide bonds. The zero-order valence-corrected chi connectivity index (χ0v) is 13.4. The molecule has 2 heterocycles. The lowest BCUT2D eigenvalue weighted by Crippen LogP contribution is -1.89. The standard InChI is InChI=1S/C13H7Cl3N4S/c14-7-3-1-2-6(9(7)15)10-11(21-13(17)20-10)8-4-5-18-12(16)19-8/h1-5H,(H2,17,20). The lowest BCUT2D eigenvalue weighted by Gasteiger charge is -2.05. The predicted molar refractivity (Wildman–Crippen MR) is 88.0 cm³/mol. The van der Waals surface area contributed by atoms with Crippen molar-refractivity contribution in [3.63, 3.8) is 0 Å². The van der Waals surface area contributed by atoms with Crippen LogP contribution in [-0.4, -0.2) is 15.0 Å². The first kappa shape index (κ1) is 14.5. The molecule has 0 aliphatic carbocycles. The summed E-state index contributed by atoms with van der Waals surface area (Å²) in [6, 6.07) is 7.08. The summed E-state index contributed by atoms with van der Waals surface area (Å²) in [7, 11) is 0. The van der Waals surface area contributed by atoms with E-state index in [1.54, 1.807) is 24.4 Å². The summed E-state index contributed by atoms with van der Waals surface area (Å²) in [5.74, 6) is 0. The molecule has 0 aliphatic heterocycles. The molecular weight excluding hydrogens is 351 g/mol. The second-order valence-corrected chi connectivity index (χ2v) is 6.20. The van der Waals surface area contributed by atoms with Gasteiger partial charge in [0.15, 0.2) is 5.13 Å². The molecule has 0 radical (unpaired) electrons. The number of rotatable bonds is 2. The van der Waals surface area contributed by atoms with E-state index in [4.69, 9.17) is 40.5 Å². The first-order valence-corrected chi connectivity index (χ1v) is 7.71. The Morgan fingerprint density at radius 3 is 2.62 bits per heavy atom. The van der Waals surface area contributed by atoms with Crippen LogP contribution in [-0.2, 0) is 0 Å². The summed E-state index contributed by atoms with van der Waals surface area (Å²) in [5, 5.41) is 1.44. The summed E-state index contributed by atoms with van der Waals surface area (Å²) >= 11 is 19.5. The summed E-state index contributed by atoms with van der Waals surface area (Å²) in [4.78, 5) is 13.2. The fraction of sp³-hybridized carbons (Fsp3) is 0. The molecule has 1 aromatic carbocycles. The van der Waals surface area contributed by atoms with Gasteiger partial charge in [-0.2, -0.15) is 0 Å². The maximum absolute atomic E-state index is 6.26.